The van der Waals surface area contributed by atoms with Crippen LogP contribution in [-0.4, -0.2) is 11.1 Å². The summed E-state index contributed by atoms with van der Waals surface area (Å²) in [5, 5.41) is 8.72. The van der Waals surface area contributed by atoms with Crippen molar-refractivity contribution >= 4 is 21.9 Å². The van der Waals surface area contributed by atoms with E-state index in [1.54, 1.807) is 0 Å². The van der Waals surface area contributed by atoms with Crippen molar-refractivity contribution in [1.82, 2.24) is 0 Å². The molecule has 0 heterocycles. The van der Waals surface area contributed by atoms with Gasteiger partial charge in [-0.15, -0.1) is 0 Å². The fourth-order valence-electron chi connectivity index (χ4n) is 1.57. The fourth-order valence-corrected chi connectivity index (χ4v) is 1.93. The van der Waals surface area contributed by atoms with Gasteiger partial charge in [-0.1, -0.05) is 22.0 Å². The molecule has 0 aliphatic rings. The quantitative estimate of drug-likeness (QED) is 0.906. The molecule has 2 aromatic rings. The Hall–Kier alpha value is -1.75. The van der Waals surface area contributed by atoms with E-state index in [-0.39, 0.29) is 16.7 Å². The second-order valence-electron chi connectivity index (χ2n) is 3.62. The third-order valence-electron chi connectivity index (χ3n) is 2.43. The van der Waals surface area contributed by atoms with Crippen molar-refractivity contribution in [3.05, 3.63) is 58.1 Å². The minimum atomic E-state index is -1.23. The Morgan fingerprint density at radius 3 is 2.33 bits per heavy atom. The molecule has 0 unspecified atom stereocenters. The molecule has 92 valence electrons. The Bertz CT molecular complexity index is 626. The Morgan fingerprint density at radius 1 is 1.00 bits per heavy atom. The van der Waals surface area contributed by atoms with E-state index in [0.717, 1.165) is 6.07 Å². The van der Waals surface area contributed by atoms with Gasteiger partial charge in [-0.3, -0.25) is 0 Å². The lowest BCUT2D eigenvalue weighted by atomic mass is 10.0. The van der Waals surface area contributed by atoms with Crippen molar-refractivity contribution in [3.63, 3.8) is 0 Å². The zero-order valence-corrected chi connectivity index (χ0v) is 10.5. The first kappa shape index (κ1) is 12.7. The molecule has 2 rings (SSSR count). The van der Waals surface area contributed by atoms with Gasteiger partial charge in [0.15, 0.2) is 0 Å². The zero-order valence-electron chi connectivity index (χ0n) is 8.95. The van der Waals surface area contributed by atoms with E-state index in [1.807, 2.05) is 0 Å². The number of aromatic carboxylic acids is 1. The van der Waals surface area contributed by atoms with Gasteiger partial charge in [0.05, 0.1) is 5.56 Å². The van der Waals surface area contributed by atoms with Crippen LogP contribution in [-0.2, 0) is 0 Å². The maximum atomic E-state index is 13.8. The molecule has 2 aromatic carbocycles. The number of hydrogen-bond acceptors (Lipinski definition) is 1. The normalized spacial score (nSPS) is 10.4. The lowest BCUT2D eigenvalue weighted by Gasteiger charge is -2.06. The molecule has 0 aliphatic heterocycles. The molecule has 0 spiro atoms. The molecule has 0 bridgehead atoms. The summed E-state index contributed by atoms with van der Waals surface area (Å²) in [6.07, 6.45) is 0. The van der Waals surface area contributed by atoms with Crippen LogP contribution >= 0.6 is 15.9 Å². The molecule has 0 radical (unpaired) electrons. The number of carboxylic acids is 1. The first-order chi connectivity index (χ1) is 8.49. The third-order valence-corrected chi connectivity index (χ3v) is 2.93. The number of rotatable bonds is 2. The van der Waals surface area contributed by atoms with Crippen molar-refractivity contribution in [2.24, 2.45) is 0 Å². The SMILES string of the molecule is O=C(O)c1ccc(-c2cc(Br)ccc2F)c(F)c1. The molecule has 0 saturated carbocycles. The molecule has 2 nitrogen and oxygen atoms in total. The topological polar surface area (TPSA) is 37.3 Å². The molecule has 0 atom stereocenters. The van der Waals surface area contributed by atoms with Gasteiger partial charge >= 0.3 is 5.97 Å². The van der Waals surface area contributed by atoms with Crippen LogP contribution in [0.1, 0.15) is 10.4 Å². The van der Waals surface area contributed by atoms with Crippen LogP contribution in [0.3, 0.4) is 0 Å². The first-order valence-corrected chi connectivity index (χ1v) is 5.76. The van der Waals surface area contributed by atoms with E-state index in [9.17, 15) is 13.6 Å². The number of carboxylic acid groups (broad SMARTS) is 1. The Morgan fingerprint density at radius 2 is 1.72 bits per heavy atom. The van der Waals surface area contributed by atoms with Crippen molar-refractivity contribution in [3.8, 4) is 11.1 Å². The second kappa shape index (κ2) is 4.86. The third kappa shape index (κ3) is 2.41. The number of benzene rings is 2. The van der Waals surface area contributed by atoms with Gasteiger partial charge in [-0.05, 0) is 30.3 Å². The van der Waals surface area contributed by atoms with Gasteiger partial charge in [0.1, 0.15) is 11.6 Å². The molecule has 0 aliphatic carbocycles. The highest BCUT2D eigenvalue weighted by atomic mass is 79.9. The predicted molar refractivity (Wildman–Crippen MR) is 66.5 cm³/mol. The molecular weight excluding hydrogens is 306 g/mol. The molecule has 18 heavy (non-hydrogen) atoms. The van der Waals surface area contributed by atoms with E-state index in [4.69, 9.17) is 5.11 Å². The van der Waals surface area contributed by atoms with Gasteiger partial charge in [0.2, 0.25) is 0 Å². The minimum Gasteiger partial charge on any atom is -0.478 e. The highest BCUT2D eigenvalue weighted by Crippen LogP contribution is 2.28. The van der Waals surface area contributed by atoms with E-state index in [1.165, 1.54) is 30.3 Å². The van der Waals surface area contributed by atoms with Gasteiger partial charge in [-0.25, -0.2) is 13.6 Å². The Labute approximate surface area is 110 Å². The predicted octanol–water partition coefficient (Wildman–Crippen LogP) is 4.09. The van der Waals surface area contributed by atoms with Crippen molar-refractivity contribution in [2.45, 2.75) is 0 Å². The Kier molecular flexibility index (Phi) is 3.43. The summed E-state index contributed by atoms with van der Waals surface area (Å²) in [5.74, 6) is -2.57. The van der Waals surface area contributed by atoms with Crippen LogP contribution < -0.4 is 0 Å². The summed E-state index contributed by atoms with van der Waals surface area (Å²) < 4.78 is 28.0. The van der Waals surface area contributed by atoms with Crippen molar-refractivity contribution in [1.29, 1.82) is 0 Å². The summed E-state index contributed by atoms with van der Waals surface area (Å²) >= 11 is 3.17. The summed E-state index contributed by atoms with van der Waals surface area (Å²) in [6.45, 7) is 0. The summed E-state index contributed by atoms with van der Waals surface area (Å²) in [5.41, 5.74) is -0.0655. The molecule has 0 amide bonds. The van der Waals surface area contributed by atoms with E-state index in [2.05, 4.69) is 15.9 Å². The number of halogens is 3. The largest absolute Gasteiger partial charge is 0.478 e. The van der Waals surface area contributed by atoms with Gasteiger partial charge < -0.3 is 5.11 Å². The summed E-state index contributed by atoms with van der Waals surface area (Å²) in [4.78, 5) is 10.7. The summed E-state index contributed by atoms with van der Waals surface area (Å²) in [7, 11) is 0. The minimum absolute atomic E-state index is 0.0267. The fraction of sp³-hybridized carbons (Fsp3) is 0. The molecule has 0 fully saturated rings. The van der Waals surface area contributed by atoms with Crippen LogP contribution in [0.5, 0.6) is 0 Å². The molecule has 0 saturated heterocycles. The van der Waals surface area contributed by atoms with Crippen LogP contribution in [0.2, 0.25) is 0 Å². The van der Waals surface area contributed by atoms with Crippen LogP contribution in [0.25, 0.3) is 11.1 Å². The lowest BCUT2D eigenvalue weighted by molar-refractivity contribution is 0.0696. The van der Waals surface area contributed by atoms with Crippen LogP contribution in [0.15, 0.2) is 40.9 Å². The Balaban J connectivity index is 2.58. The smallest absolute Gasteiger partial charge is 0.335 e. The maximum absolute atomic E-state index is 13.8. The maximum Gasteiger partial charge on any atom is 0.335 e. The van der Waals surface area contributed by atoms with E-state index < -0.39 is 17.6 Å². The highest BCUT2D eigenvalue weighted by Gasteiger charge is 2.13. The average molecular weight is 313 g/mol. The highest BCUT2D eigenvalue weighted by molar-refractivity contribution is 9.10. The molecule has 5 heteroatoms. The van der Waals surface area contributed by atoms with Crippen molar-refractivity contribution < 1.29 is 18.7 Å². The van der Waals surface area contributed by atoms with Crippen molar-refractivity contribution in [2.75, 3.05) is 0 Å². The van der Waals surface area contributed by atoms with Gasteiger partial charge in [0.25, 0.3) is 0 Å². The van der Waals surface area contributed by atoms with Crippen LogP contribution in [0.4, 0.5) is 8.78 Å². The summed E-state index contributed by atoms with van der Waals surface area (Å²) in [6, 6.07) is 7.52. The van der Waals surface area contributed by atoms with E-state index in [0.29, 0.717) is 4.47 Å². The molecule has 1 N–H and O–H groups in total. The molecule has 0 aromatic heterocycles. The lowest BCUT2D eigenvalue weighted by Crippen LogP contribution is -1.98. The molecular formula is C13H7BrF2O2. The number of carbonyl (C=O) groups is 1. The standard InChI is InChI=1S/C13H7BrF2O2/c14-8-2-4-11(15)10(6-8)9-3-1-7(13(17)18)5-12(9)16/h1-6H,(H,17,18). The average Bonchev–Trinajstić information content (AvgIpc) is 2.32. The van der Waals surface area contributed by atoms with Crippen LogP contribution in [0, 0.1) is 11.6 Å². The van der Waals surface area contributed by atoms with Gasteiger partial charge in [0, 0.05) is 15.6 Å². The first-order valence-electron chi connectivity index (χ1n) is 4.97. The second-order valence-corrected chi connectivity index (χ2v) is 4.54. The monoisotopic (exact) mass is 312 g/mol. The number of hydrogen-bond donors (Lipinski definition) is 1. The van der Waals surface area contributed by atoms with Gasteiger partial charge in [-0.2, -0.15) is 0 Å². The zero-order chi connectivity index (χ0) is 13.3. The van der Waals surface area contributed by atoms with E-state index >= 15 is 0 Å².